The minimum atomic E-state index is -4.14. The summed E-state index contributed by atoms with van der Waals surface area (Å²) in [5, 5.41) is 8.54. The van der Waals surface area contributed by atoms with Gasteiger partial charge in [-0.2, -0.15) is 13.2 Å². The van der Waals surface area contributed by atoms with Gasteiger partial charge >= 0.3 is 12.1 Å². The zero-order chi connectivity index (χ0) is 14.6. The number of likely N-dealkylation sites (N-methyl/N-ethyl adjacent to an activating group) is 1. The van der Waals surface area contributed by atoms with Crippen LogP contribution in [-0.2, 0) is 9.59 Å². The van der Waals surface area contributed by atoms with Gasteiger partial charge in [0.05, 0.1) is 5.92 Å². The molecule has 0 spiro atoms. The first-order chi connectivity index (χ1) is 8.70. The molecular weight excluding hydrogens is 263 g/mol. The molecule has 0 bridgehead atoms. The molecule has 7 heteroatoms. The van der Waals surface area contributed by atoms with Crippen LogP contribution in [-0.4, -0.2) is 41.7 Å². The van der Waals surface area contributed by atoms with Gasteiger partial charge in [-0.3, -0.25) is 9.59 Å². The van der Waals surface area contributed by atoms with Gasteiger partial charge in [-0.1, -0.05) is 0 Å². The molecule has 1 amide bonds. The van der Waals surface area contributed by atoms with E-state index in [4.69, 9.17) is 5.11 Å². The first-order valence-corrected chi connectivity index (χ1v) is 6.22. The third-order valence-electron chi connectivity index (χ3n) is 3.57. The van der Waals surface area contributed by atoms with Gasteiger partial charge in [0.2, 0.25) is 5.91 Å². The summed E-state index contributed by atoms with van der Waals surface area (Å²) in [5.74, 6) is -2.74. The van der Waals surface area contributed by atoms with E-state index in [1.165, 1.54) is 7.05 Å². The second-order valence-corrected chi connectivity index (χ2v) is 5.11. The fourth-order valence-corrected chi connectivity index (χ4v) is 2.39. The number of rotatable bonds is 4. The van der Waals surface area contributed by atoms with Gasteiger partial charge in [0.25, 0.3) is 0 Å². The summed E-state index contributed by atoms with van der Waals surface area (Å²) in [6.07, 6.45) is -3.15. The number of amides is 1. The van der Waals surface area contributed by atoms with Crippen molar-refractivity contribution >= 4 is 11.9 Å². The van der Waals surface area contributed by atoms with Crippen LogP contribution in [0.2, 0.25) is 0 Å². The van der Waals surface area contributed by atoms with Crippen molar-refractivity contribution < 1.29 is 27.9 Å². The van der Waals surface area contributed by atoms with Crippen LogP contribution in [0.4, 0.5) is 13.2 Å². The van der Waals surface area contributed by atoms with E-state index in [1.807, 2.05) is 0 Å². The lowest BCUT2D eigenvalue weighted by Crippen LogP contribution is -2.34. The Bertz CT molecular complexity index is 336. The van der Waals surface area contributed by atoms with Gasteiger partial charge in [-0.25, -0.2) is 0 Å². The van der Waals surface area contributed by atoms with Crippen molar-refractivity contribution in [2.75, 3.05) is 13.6 Å². The summed E-state index contributed by atoms with van der Waals surface area (Å²) in [6.45, 7) is -0.378. The molecule has 0 aromatic rings. The summed E-state index contributed by atoms with van der Waals surface area (Å²) in [7, 11) is 1.39. The molecule has 0 unspecified atom stereocenters. The Balaban J connectivity index is 2.37. The molecule has 19 heavy (non-hydrogen) atoms. The Morgan fingerprint density at radius 2 is 1.74 bits per heavy atom. The molecule has 0 aliphatic heterocycles. The first-order valence-electron chi connectivity index (χ1n) is 6.22. The fourth-order valence-electron chi connectivity index (χ4n) is 2.39. The largest absolute Gasteiger partial charge is 0.480 e. The number of carbonyl (C=O) groups is 2. The molecule has 0 aromatic heterocycles. The molecule has 0 saturated heterocycles. The number of carbonyl (C=O) groups excluding carboxylic acids is 1. The van der Waals surface area contributed by atoms with Gasteiger partial charge in [0.1, 0.15) is 6.54 Å². The van der Waals surface area contributed by atoms with Crippen LogP contribution in [0, 0.1) is 11.8 Å². The van der Waals surface area contributed by atoms with E-state index in [9.17, 15) is 22.8 Å². The lowest BCUT2D eigenvalue weighted by atomic mass is 9.80. The SMILES string of the molecule is CN(CC(=O)O)C(=O)CC1CCC(C(F)(F)F)CC1. The minimum absolute atomic E-state index is 0.0596. The molecule has 1 rings (SSSR count). The number of carboxylic acid groups (broad SMARTS) is 1. The highest BCUT2D eigenvalue weighted by molar-refractivity contribution is 5.81. The molecule has 0 radical (unpaired) electrons. The van der Waals surface area contributed by atoms with Gasteiger partial charge < -0.3 is 10.0 Å². The van der Waals surface area contributed by atoms with Crippen LogP contribution in [0.3, 0.4) is 0 Å². The Hall–Kier alpha value is -1.27. The molecule has 1 N–H and O–H groups in total. The average Bonchev–Trinajstić information content (AvgIpc) is 2.27. The smallest absolute Gasteiger partial charge is 0.391 e. The predicted octanol–water partition coefficient (Wildman–Crippen LogP) is 2.29. The molecule has 0 atom stereocenters. The Labute approximate surface area is 109 Å². The number of hydrogen-bond acceptors (Lipinski definition) is 2. The molecule has 0 aromatic carbocycles. The lowest BCUT2D eigenvalue weighted by Gasteiger charge is -2.30. The second kappa shape index (κ2) is 6.25. The Kier molecular flexibility index (Phi) is 5.20. The highest BCUT2D eigenvalue weighted by Gasteiger charge is 2.41. The van der Waals surface area contributed by atoms with Gasteiger partial charge in [-0.15, -0.1) is 0 Å². The van der Waals surface area contributed by atoms with Crippen LogP contribution in [0.15, 0.2) is 0 Å². The molecule has 0 heterocycles. The zero-order valence-electron chi connectivity index (χ0n) is 10.7. The first kappa shape index (κ1) is 15.8. The summed E-state index contributed by atoms with van der Waals surface area (Å²) < 4.78 is 37.4. The predicted molar refractivity (Wildman–Crippen MR) is 61.4 cm³/mol. The van der Waals surface area contributed by atoms with E-state index in [0.29, 0.717) is 12.8 Å². The highest BCUT2D eigenvalue weighted by atomic mass is 19.4. The zero-order valence-corrected chi connectivity index (χ0v) is 10.7. The fraction of sp³-hybridized carbons (Fsp3) is 0.833. The average molecular weight is 281 g/mol. The number of nitrogens with zero attached hydrogens (tertiary/aromatic N) is 1. The summed E-state index contributed by atoms with van der Waals surface area (Å²) in [4.78, 5) is 23.2. The molecular formula is C12H18F3NO3. The minimum Gasteiger partial charge on any atom is -0.480 e. The number of hydrogen-bond donors (Lipinski definition) is 1. The van der Waals surface area contributed by atoms with Crippen LogP contribution in [0.5, 0.6) is 0 Å². The van der Waals surface area contributed by atoms with Crippen molar-refractivity contribution in [3.05, 3.63) is 0 Å². The number of alkyl halides is 3. The Morgan fingerprint density at radius 3 is 2.16 bits per heavy atom. The molecule has 1 saturated carbocycles. The van der Waals surface area contributed by atoms with Crippen molar-refractivity contribution in [3.8, 4) is 0 Å². The van der Waals surface area contributed by atoms with E-state index in [0.717, 1.165) is 4.90 Å². The van der Waals surface area contributed by atoms with Crippen LogP contribution in [0.25, 0.3) is 0 Å². The number of halogens is 3. The molecule has 110 valence electrons. The number of aliphatic carboxylic acids is 1. The monoisotopic (exact) mass is 281 g/mol. The van der Waals surface area contributed by atoms with E-state index in [-0.39, 0.29) is 37.6 Å². The van der Waals surface area contributed by atoms with Gasteiger partial charge in [0, 0.05) is 13.5 Å². The molecule has 1 aliphatic rings. The van der Waals surface area contributed by atoms with Crippen molar-refractivity contribution in [2.45, 2.75) is 38.3 Å². The maximum absolute atomic E-state index is 12.5. The van der Waals surface area contributed by atoms with E-state index >= 15 is 0 Å². The van der Waals surface area contributed by atoms with E-state index in [2.05, 4.69) is 0 Å². The third-order valence-corrected chi connectivity index (χ3v) is 3.57. The summed E-state index contributed by atoms with van der Waals surface area (Å²) in [5.41, 5.74) is 0. The van der Waals surface area contributed by atoms with Crippen LogP contribution >= 0.6 is 0 Å². The normalized spacial score (nSPS) is 24.0. The van der Waals surface area contributed by atoms with Crippen LogP contribution in [0.1, 0.15) is 32.1 Å². The maximum Gasteiger partial charge on any atom is 0.391 e. The summed E-state index contributed by atoms with van der Waals surface area (Å²) in [6, 6.07) is 0. The molecule has 4 nitrogen and oxygen atoms in total. The topological polar surface area (TPSA) is 57.6 Å². The number of carboxylic acids is 1. The second-order valence-electron chi connectivity index (χ2n) is 5.11. The third kappa shape index (κ3) is 5.08. The van der Waals surface area contributed by atoms with Crippen LogP contribution < -0.4 is 0 Å². The molecule has 1 fully saturated rings. The standard InChI is InChI=1S/C12H18F3NO3/c1-16(7-11(18)19)10(17)6-8-2-4-9(5-3-8)12(13,14)15/h8-9H,2-7H2,1H3,(H,18,19). The lowest BCUT2D eigenvalue weighted by molar-refractivity contribution is -0.184. The summed E-state index contributed by atoms with van der Waals surface area (Å²) >= 11 is 0. The molecule has 1 aliphatic carbocycles. The maximum atomic E-state index is 12.5. The van der Waals surface area contributed by atoms with Crippen molar-refractivity contribution in [1.29, 1.82) is 0 Å². The van der Waals surface area contributed by atoms with E-state index in [1.54, 1.807) is 0 Å². The van der Waals surface area contributed by atoms with Crippen molar-refractivity contribution in [1.82, 2.24) is 4.90 Å². The van der Waals surface area contributed by atoms with Crippen molar-refractivity contribution in [3.63, 3.8) is 0 Å². The van der Waals surface area contributed by atoms with Crippen molar-refractivity contribution in [2.24, 2.45) is 11.8 Å². The van der Waals surface area contributed by atoms with E-state index < -0.39 is 18.1 Å². The quantitative estimate of drug-likeness (QED) is 0.860. The highest BCUT2D eigenvalue weighted by Crippen LogP contribution is 2.40. The Morgan fingerprint density at radius 1 is 1.21 bits per heavy atom. The van der Waals surface area contributed by atoms with Gasteiger partial charge in [0.15, 0.2) is 0 Å². The van der Waals surface area contributed by atoms with Gasteiger partial charge in [-0.05, 0) is 31.6 Å².